The quantitative estimate of drug-likeness (QED) is 0.854. The van der Waals surface area contributed by atoms with E-state index in [0.29, 0.717) is 5.56 Å². The van der Waals surface area contributed by atoms with Crippen molar-refractivity contribution in [1.29, 1.82) is 0 Å². The molecule has 0 spiro atoms. The maximum absolute atomic E-state index is 12.0. The molecule has 2 N–H and O–H groups in total. The highest BCUT2D eigenvalue weighted by Gasteiger charge is 2.35. The molecule has 2 rings (SSSR count). The summed E-state index contributed by atoms with van der Waals surface area (Å²) in [7, 11) is 0. The molecule has 0 bridgehead atoms. The van der Waals surface area contributed by atoms with Crippen molar-refractivity contribution < 1.29 is 24.3 Å². The Hall–Kier alpha value is -2.90. The van der Waals surface area contributed by atoms with Crippen LogP contribution in [0.1, 0.15) is 18.1 Å². The third-order valence-electron chi connectivity index (χ3n) is 3.46. The van der Waals surface area contributed by atoms with Crippen molar-refractivity contribution in [3.8, 4) is 0 Å². The number of nitrogens with zero attached hydrogens (tertiary/aromatic N) is 2. The van der Waals surface area contributed by atoms with Gasteiger partial charge in [-0.05, 0) is 11.1 Å². The number of carboxylic acids is 1. The minimum absolute atomic E-state index is 0.0597. The van der Waals surface area contributed by atoms with Crippen LogP contribution in [0.5, 0.6) is 0 Å². The van der Waals surface area contributed by atoms with E-state index in [4.69, 9.17) is 5.11 Å². The van der Waals surface area contributed by atoms with Gasteiger partial charge >= 0.3 is 18.0 Å². The molecule has 8 nitrogen and oxygen atoms in total. The van der Waals surface area contributed by atoms with Crippen molar-refractivity contribution in [1.82, 2.24) is 15.1 Å². The van der Waals surface area contributed by atoms with Crippen LogP contribution in [0.25, 0.3) is 0 Å². The molecule has 1 heterocycles. The second kappa shape index (κ2) is 6.91. The maximum atomic E-state index is 12.0. The summed E-state index contributed by atoms with van der Waals surface area (Å²) in [5, 5.41) is 11.3. The number of imide groups is 2. The van der Waals surface area contributed by atoms with Crippen molar-refractivity contribution in [3.05, 3.63) is 35.4 Å². The molecule has 1 aromatic carbocycles. The number of urea groups is 2. The molecule has 0 radical (unpaired) electrons. The van der Waals surface area contributed by atoms with E-state index in [9.17, 15) is 19.2 Å². The number of benzene rings is 1. The van der Waals surface area contributed by atoms with Crippen molar-refractivity contribution in [3.63, 3.8) is 0 Å². The first kappa shape index (κ1) is 16.5. The third-order valence-corrected chi connectivity index (χ3v) is 3.46. The van der Waals surface area contributed by atoms with Gasteiger partial charge in [-0.25, -0.2) is 14.5 Å². The fourth-order valence-electron chi connectivity index (χ4n) is 2.24. The third kappa shape index (κ3) is 4.06. The molecule has 8 heteroatoms. The van der Waals surface area contributed by atoms with Gasteiger partial charge in [-0.15, -0.1) is 0 Å². The summed E-state index contributed by atoms with van der Waals surface area (Å²) in [6, 6.07) is 5.60. The second-order valence-corrected chi connectivity index (χ2v) is 5.15. The summed E-state index contributed by atoms with van der Waals surface area (Å²) in [6.45, 7) is 1.85. The maximum Gasteiger partial charge on any atom is 0.334 e. The largest absolute Gasteiger partial charge is 0.481 e. The van der Waals surface area contributed by atoms with Crippen molar-refractivity contribution >= 4 is 23.9 Å². The number of amides is 5. The molecule has 0 unspecified atom stereocenters. The van der Waals surface area contributed by atoms with Gasteiger partial charge in [-0.3, -0.25) is 14.5 Å². The summed E-state index contributed by atoms with van der Waals surface area (Å²) < 4.78 is 0. The summed E-state index contributed by atoms with van der Waals surface area (Å²) >= 11 is 0. The summed E-state index contributed by atoms with van der Waals surface area (Å²) in [5.41, 5.74) is 1.45. The Morgan fingerprint density at radius 2 is 1.65 bits per heavy atom. The minimum atomic E-state index is -0.909. The fourth-order valence-corrected chi connectivity index (χ4v) is 2.24. The summed E-state index contributed by atoms with van der Waals surface area (Å²) in [4.78, 5) is 47.7. The lowest BCUT2D eigenvalue weighted by atomic mass is 10.1. The normalized spacial score (nSPS) is 14.0. The molecule has 1 fully saturated rings. The molecule has 1 aromatic rings. The zero-order valence-corrected chi connectivity index (χ0v) is 12.6. The van der Waals surface area contributed by atoms with E-state index >= 15 is 0 Å². The molecule has 1 saturated heterocycles. The highest BCUT2D eigenvalue weighted by atomic mass is 16.4. The predicted octanol–water partition coefficient (Wildman–Crippen LogP) is 0.807. The van der Waals surface area contributed by atoms with E-state index in [1.165, 1.54) is 6.92 Å². The Kier molecular flexibility index (Phi) is 4.95. The molecule has 1 aliphatic rings. The van der Waals surface area contributed by atoms with Gasteiger partial charge in [0, 0.05) is 20.0 Å². The van der Waals surface area contributed by atoms with Crippen LogP contribution in [0.3, 0.4) is 0 Å². The van der Waals surface area contributed by atoms with Gasteiger partial charge in [0.2, 0.25) is 5.91 Å². The Bertz CT molecular complexity index is 641. The van der Waals surface area contributed by atoms with Crippen LogP contribution in [0.15, 0.2) is 24.3 Å². The van der Waals surface area contributed by atoms with Crippen LogP contribution in [0.4, 0.5) is 9.59 Å². The molecule has 0 aliphatic carbocycles. The molecule has 5 amide bonds. The number of carbonyl (C=O) groups excluding carboxylic acids is 3. The molecule has 1 aliphatic heterocycles. The zero-order valence-electron chi connectivity index (χ0n) is 12.6. The zero-order chi connectivity index (χ0) is 17.0. The number of aliphatic carboxylic acids is 1. The molecule has 0 saturated carbocycles. The van der Waals surface area contributed by atoms with E-state index in [1.807, 2.05) is 0 Å². The van der Waals surface area contributed by atoms with Gasteiger partial charge in [-0.1, -0.05) is 24.3 Å². The first-order chi connectivity index (χ1) is 10.9. The Labute approximate surface area is 132 Å². The smallest absolute Gasteiger partial charge is 0.334 e. The SMILES string of the molecule is CC(=O)N1CCN(C(=O)NCc2ccc(CC(=O)O)cc2)C1=O. The van der Waals surface area contributed by atoms with E-state index in [-0.39, 0.29) is 32.0 Å². The highest BCUT2D eigenvalue weighted by molar-refractivity contribution is 6.02. The Morgan fingerprint density at radius 3 is 2.17 bits per heavy atom. The highest BCUT2D eigenvalue weighted by Crippen LogP contribution is 2.10. The Morgan fingerprint density at radius 1 is 1.09 bits per heavy atom. The number of carbonyl (C=O) groups is 4. The summed E-state index contributed by atoms with van der Waals surface area (Å²) in [6.07, 6.45) is -0.0597. The van der Waals surface area contributed by atoms with Crippen LogP contribution >= 0.6 is 0 Å². The van der Waals surface area contributed by atoms with E-state index in [2.05, 4.69) is 5.32 Å². The molecule has 23 heavy (non-hydrogen) atoms. The van der Waals surface area contributed by atoms with Crippen molar-refractivity contribution in [2.45, 2.75) is 19.9 Å². The van der Waals surface area contributed by atoms with Crippen molar-refractivity contribution in [2.75, 3.05) is 13.1 Å². The van der Waals surface area contributed by atoms with Gasteiger partial charge in [0.1, 0.15) is 0 Å². The van der Waals surface area contributed by atoms with E-state index < -0.39 is 18.0 Å². The van der Waals surface area contributed by atoms with Gasteiger partial charge in [-0.2, -0.15) is 0 Å². The molecule has 122 valence electrons. The van der Waals surface area contributed by atoms with Crippen LogP contribution in [0.2, 0.25) is 0 Å². The first-order valence-corrected chi connectivity index (χ1v) is 7.05. The number of nitrogens with one attached hydrogen (secondary N) is 1. The average Bonchev–Trinajstić information content (AvgIpc) is 2.87. The monoisotopic (exact) mass is 319 g/mol. The standard InChI is InChI=1S/C15H17N3O5/c1-10(19)17-6-7-18(15(17)23)14(22)16-9-12-4-2-11(3-5-12)8-13(20)21/h2-5H,6-9H2,1H3,(H,16,22)(H,20,21). The molecular weight excluding hydrogens is 302 g/mol. The summed E-state index contributed by atoms with van der Waals surface area (Å²) in [5.74, 6) is -1.30. The van der Waals surface area contributed by atoms with Gasteiger partial charge in [0.15, 0.2) is 0 Å². The first-order valence-electron chi connectivity index (χ1n) is 7.05. The topological polar surface area (TPSA) is 107 Å². The second-order valence-electron chi connectivity index (χ2n) is 5.15. The minimum Gasteiger partial charge on any atom is -0.481 e. The number of hydrogen-bond acceptors (Lipinski definition) is 4. The number of hydrogen-bond donors (Lipinski definition) is 2. The number of rotatable bonds is 4. The van der Waals surface area contributed by atoms with Gasteiger partial charge < -0.3 is 10.4 Å². The lowest BCUT2D eigenvalue weighted by molar-refractivity contribution is -0.136. The van der Waals surface area contributed by atoms with E-state index in [1.54, 1.807) is 24.3 Å². The lowest BCUT2D eigenvalue weighted by Crippen LogP contribution is -2.43. The lowest BCUT2D eigenvalue weighted by Gasteiger charge is -2.15. The van der Waals surface area contributed by atoms with E-state index in [0.717, 1.165) is 15.4 Å². The van der Waals surface area contributed by atoms with Crippen LogP contribution in [-0.2, 0) is 22.6 Å². The predicted molar refractivity (Wildman–Crippen MR) is 79.5 cm³/mol. The molecular formula is C15H17N3O5. The average molecular weight is 319 g/mol. The Balaban J connectivity index is 1.88. The fraction of sp³-hybridized carbons (Fsp3) is 0.333. The molecule has 0 aromatic heterocycles. The molecule has 0 atom stereocenters. The van der Waals surface area contributed by atoms with Crippen LogP contribution in [0, 0.1) is 0 Å². The van der Waals surface area contributed by atoms with Gasteiger partial charge in [0.25, 0.3) is 0 Å². The number of carboxylic acid groups (broad SMARTS) is 1. The van der Waals surface area contributed by atoms with Crippen LogP contribution in [-0.4, -0.2) is 51.9 Å². The van der Waals surface area contributed by atoms with Gasteiger partial charge in [0.05, 0.1) is 13.0 Å². The van der Waals surface area contributed by atoms with Crippen molar-refractivity contribution in [2.24, 2.45) is 0 Å². The van der Waals surface area contributed by atoms with Crippen LogP contribution < -0.4 is 5.32 Å².